The van der Waals surface area contributed by atoms with Crippen molar-refractivity contribution in [3.05, 3.63) is 22.7 Å². The first-order valence-electron chi connectivity index (χ1n) is 6.88. The van der Waals surface area contributed by atoms with Crippen molar-refractivity contribution in [1.29, 1.82) is 0 Å². The van der Waals surface area contributed by atoms with Gasteiger partial charge in [-0.15, -0.1) is 0 Å². The molecule has 20 heavy (non-hydrogen) atoms. The lowest BCUT2D eigenvalue weighted by Crippen LogP contribution is -2.53. The lowest BCUT2D eigenvalue weighted by atomic mass is 9.76. The highest BCUT2D eigenvalue weighted by atomic mass is 79.9. The number of ether oxygens (including phenoxy) is 1. The van der Waals surface area contributed by atoms with Gasteiger partial charge in [-0.25, -0.2) is 0 Å². The van der Waals surface area contributed by atoms with Gasteiger partial charge < -0.3 is 15.8 Å². The number of nitrogens with two attached hydrogens (primary N) is 1. The molecule has 3 N–H and O–H groups in total. The average molecular weight is 341 g/mol. The molecule has 0 radical (unpaired) electrons. The summed E-state index contributed by atoms with van der Waals surface area (Å²) in [6.45, 7) is 2.15. The Morgan fingerprint density at radius 3 is 2.95 bits per heavy atom. The summed E-state index contributed by atoms with van der Waals surface area (Å²) in [7, 11) is 1.58. The zero-order valence-electron chi connectivity index (χ0n) is 11.9. The molecule has 2 unspecified atom stereocenters. The van der Waals surface area contributed by atoms with E-state index >= 15 is 0 Å². The van der Waals surface area contributed by atoms with Gasteiger partial charge >= 0.3 is 0 Å². The minimum Gasteiger partial charge on any atom is -0.495 e. The summed E-state index contributed by atoms with van der Waals surface area (Å²) >= 11 is 3.40. The van der Waals surface area contributed by atoms with Gasteiger partial charge in [0.1, 0.15) is 5.75 Å². The number of hydrogen-bond donors (Lipinski definition) is 2. The number of benzene rings is 1. The molecular formula is C15H21BrN2O2. The van der Waals surface area contributed by atoms with Crippen LogP contribution in [0.25, 0.3) is 0 Å². The number of hydrogen-bond acceptors (Lipinski definition) is 3. The van der Waals surface area contributed by atoms with Crippen LogP contribution in [0.1, 0.15) is 32.6 Å². The molecule has 0 heterocycles. The Balaban J connectivity index is 2.17. The zero-order valence-corrected chi connectivity index (χ0v) is 13.5. The van der Waals surface area contributed by atoms with Crippen LogP contribution in [0.2, 0.25) is 0 Å². The van der Waals surface area contributed by atoms with Crippen molar-refractivity contribution in [2.45, 2.75) is 38.1 Å². The van der Waals surface area contributed by atoms with E-state index in [0.717, 1.165) is 30.2 Å². The van der Waals surface area contributed by atoms with Crippen molar-refractivity contribution in [1.82, 2.24) is 0 Å². The molecule has 4 nitrogen and oxygen atoms in total. The van der Waals surface area contributed by atoms with Crippen LogP contribution in [-0.2, 0) is 4.79 Å². The summed E-state index contributed by atoms with van der Waals surface area (Å²) in [5.41, 5.74) is 6.18. The first kappa shape index (κ1) is 15.3. The second-order valence-electron chi connectivity index (χ2n) is 5.66. The molecule has 0 bridgehead atoms. The van der Waals surface area contributed by atoms with E-state index in [-0.39, 0.29) is 5.91 Å². The third-order valence-electron chi connectivity index (χ3n) is 3.89. The Labute approximate surface area is 128 Å². The SMILES string of the molecule is COc1ccc(Br)cc1NC(=O)C1(N)CCCC(C)C1. The maximum absolute atomic E-state index is 12.5. The third kappa shape index (κ3) is 3.33. The van der Waals surface area contributed by atoms with Crippen LogP contribution in [0.5, 0.6) is 5.75 Å². The van der Waals surface area contributed by atoms with Gasteiger partial charge in [0.15, 0.2) is 0 Å². The minimum atomic E-state index is -0.773. The number of nitrogens with one attached hydrogen (secondary N) is 1. The van der Waals surface area contributed by atoms with Crippen LogP contribution >= 0.6 is 15.9 Å². The lowest BCUT2D eigenvalue weighted by molar-refractivity contribution is -0.122. The molecule has 0 saturated heterocycles. The quantitative estimate of drug-likeness (QED) is 0.887. The summed E-state index contributed by atoms with van der Waals surface area (Å²) in [6.07, 6.45) is 3.61. The lowest BCUT2D eigenvalue weighted by Gasteiger charge is -2.35. The molecule has 0 aliphatic heterocycles. The largest absolute Gasteiger partial charge is 0.495 e. The summed E-state index contributed by atoms with van der Waals surface area (Å²) in [5, 5.41) is 2.91. The van der Waals surface area contributed by atoms with E-state index in [1.54, 1.807) is 7.11 Å². The fourth-order valence-electron chi connectivity index (χ4n) is 2.82. The number of amides is 1. The Bertz CT molecular complexity index is 507. The monoisotopic (exact) mass is 340 g/mol. The third-order valence-corrected chi connectivity index (χ3v) is 4.39. The smallest absolute Gasteiger partial charge is 0.244 e. The Hall–Kier alpha value is -1.07. The fourth-order valence-corrected chi connectivity index (χ4v) is 3.18. The molecule has 2 atom stereocenters. The summed E-state index contributed by atoms with van der Waals surface area (Å²) in [6, 6.07) is 5.51. The van der Waals surface area contributed by atoms with Gasteiger partial charge in [0.05, 0.1) is 18.3 Å². The van der Waals surface area contributed by atoms with E-state index in [4.69, 9.17) is 10.5 Å². The summed E-state index contributed by atoms with van der Waals surface area (Å²) in [5.74, 6) is 0.998. The van der Waals surface area contributed by atoms with Crippen molar-refractivity contribution in [2.75, 3.05) is 12.4 Å². The van der Waals surface area contributed by atoms with Crippen LogP contribution in [-0.4, -0.2) is 18.6 Å². The van der Waals surface area contributed by atoms with Gasteiger partial charge in [-0.05, 0) is 37.0 Å². The summed E-state index contributed by atoms with van der Waals surface area (Å²) in [4.78, 5) is 12.5. The minimum absolute atomic E-state index is 0.125. The van der Waals surface area contributed by atoms with Crippen molar-refractivity contribution < 1.29 is 9.53 Å². The average Bonchev–Trinajstić information content (AvgIpc) is 2.38. The number of methoxy groups -OCH3 is 1. The van der Waals surface area contributed by atoms with Gasteiger partial charge in [0.25, 0.3) is 0 Å². The van der Waals surface area contributed by atoms with Crippen molar-refractivity contribution in [3.8, 4) is 5.75 Å². The van der Waals surface area contributed by atoms with Gasteiger partial charge in [-0.2, -0.15) is 0 Å². The molecule has 5 heteroatoms. The first-order valence-corrected chi connectivity index (χ1v) is 7.68. The number of rotatable bonds is 3. The maximum atomic E-state index is 12.5. The van der Waals surface area contributed by atoms with E-state index in [2.05, 4.69) is 28.2 Å². The van der Waals surface area contributed by atoms with E-state index in [1.807, 2.05) is 18.2 Å². The van der Waals surface area contributed by atoms with Gasteiger partial charge in [0, 0.05) is 4.47 Å². The summed E-state index contributed by atoms with van der Waals surface area (Å²) < 4.78 is 6.15. The molecule has 1 aliphatic rings. The molecule has 1 aliphatic carbocycles. The number of carbonyl (C=O) groups is 1. The number of anilines is 1. The maximum Gasteiger partial charge on any atom is 0.244 e. The van der Waals surface area contributed by atoms with Crippen LogP contribution in [0.3, 0.4) is 0 Å². The predicted molar refractivity (Wildman–Crippen MR) is 83.9 cm³/mol. The Kier molecular flexibility index (Phi) is 4.70. The fraction of sp³-hybridized carbons (Fsp3) is 0.533. The van der Waals surface area contributed by atoms with Crippen LogP contribution in [0.4, 0.5) is 5.69 Å². The second-order valence-corrected chi connectivity index (χ2v) is 6.57. The second kappa shape index (κ2) is 6.14. The van der Waals surface area contributed by atoms with Gasteiger partial charge in [0.2, 0.25) is 5.91 Å². The van der Waals surface area contributed by atoms with Crippen molar-refractivity contribution >= 4 is 27.5 Å². The van der Waals surface area contributed by atoms with Crippen molar-refractivity contribution in [3.63, 3.8) is 0 Å². The molecule has 1 amide bonds. The van der Waals surface area contributed by atoms with E-state index in [1.165, 1.54) is 0 Å². The topological polar surface area (TPSA) is 64.3 Å². The van der Waals surface area contributed by atoms with E-state index < -0.39 is 5.54 Å². The predicted octanol–water partition coefficient (Wildman–Crippen LogP) is 3.30. The molecule has 110 valence electrons. The molecule has 1 aromatic carbocycles. The van der Waals surface area contributed by atoms with Crippen LogP contribution in [0, 0.1) is 5.92 Å². The van der Waals surface area contributed by atoms with Crippen LogP contribution in [0.15, 0.2) is 22.7 Å². The van der Waals surface area contributed by atoms with Gasteiger partial charge in [-0.1, -0.05) is 35.7 Å². The van der Waals surface area contributed by atoms with Gasteiger partial charge in [-0.3, -0.25) is 4.79 Å². The van der Waals surface area contributed by atoms with Crippen molar-refractivity contribution in [2.24, 2.45) is 11.7 Å². The Morgan fingerprint density at radius 2 is 2.30 bits per heavy atom. The number of carbonyl (C=O) groups excluding carboxylic acids is 1. The zero-order chi connectivity index (χ0) is 14.8. The van der Waals surface area contributed by atoms with Crippen LogP contribution < -0.4 is 15.8 Å². The molecule has 1 fully saturated rings. The molecular weight excluding hydrogens is 320 g/mol. The Morgan fingerprint density at radius 1 is 1.55 bits per heavy atom. The standard InChI is InChI=1S/C15H21BrN2O2/c1-10-4-3-7-15(17,9-10)14(19)18-12-8-11(16)5-6-13(12)20-2/h5-6,8,10H,3-4,7,9,17H2,1-2H3,(H,18,19). The van der Waals surface area contributed by atoms with E-state index in [0.29, 0.717) is 17.4 Å². The highest BCUT2D eigenvalue weighted by Crippen LogP contribution is 2.33. The number of halogens is 1. The molecule has 1 saturated carbocycles. The first-order chi connectivity index (χ1) is 9.44. The highest BCUT2D eigenvalue weighted by Gasteiger charge is 2.38. The molecule has 0 aromatic heterocycles. The normalized spacial score (nSPS) is 26.1. The van der Waals surface area contributed by atoms with E-state index in [9.17, 15) is 4.79 Å². The molecule has 0 spiro atoms. The highest BCUT2D eigenvalue weighted by molar-refractivity contribution is 9.10. The molecule has 1 aromatic rings. The molecule has 2 rings (SSSR count).